The fourth-order valence-electron chi connectivity index (χ4n) is 2.89. The molecule has 132 valence electrons. The van der Waals surface area contributed by atoms with Gasteiger partial charge in [0, 0.05) is 5.57 Å². The van der Waals surface area contributed by atoms with Crippen molar-refractivity contribution in [3.8, 4) is 5.75 Å². The summed E-state index contributed by atoms with van der Waals surface area (Å²) >= 11 is 0. The van der Waals surface area contributed by atoms with E-state index in [0.29, 0.717) is 0 Å². The first-order chi connectivity index (χ1) is 11.9. The van der Waals surface area contributed by atoms with Crippen LogP contribution in [0.25, 0.3) is 5.57 Å². The fourth-order valence-corrected chi connectivity index (χ4v) is 2.89. The van der Waals surface area contributed by atoms with Crippen molar-refractivity contribution in [3.63, 3.8) is 0 Å². The third-order valence-electron chi connectivity index (χ3n) is 4.42. The molecule has 2 aromatic rings. The molecule has 25 heavy (non-hydrogen) atoms. The van der Waals surface area contributed by atoms with Gasteiger partial charge in [0.2, 0.25) is 0 Å². The number of aryl methyl sites for hydroxylation is 1. The molecule has 0 bridgehead atoms. The Hall–Kier alpha value is -2.24. The van der Waals surface area contributed by atoms with E-state index in [-0.39, 0.29) is 5.41 Å². The van der Waals surface area contributed by atoms with Gasteiger partial charge in [0.15, 0.2) is 0 Å². The highest BCUT2D eigenvalue weighted by atomic mass is 16.5. The van der Waals surface area contributed by atoms with Crippen LogP contribution in [0, 0.1) is 5.41 Å². The van der Waals surface area contributed by atoms with Crippen LogP contribution in [0.4, 0.5) is 0 Å². The zero-order valence-corrected chi connectivity index (χ0v) is 16.2. The molecular formula is C24H30O. The largest absolute Gasteiger partial charge is 0.497 e. The number of allylic oxidation sites excluding steroid dienone is 1. The van der Waals surface area contributed by atoms with Crippen molar-refractivity contribution in [2.45, 2.75) is 47.0 Å². The molecule has 1 nitrogen and oxygen atoms in total. The number of hydrogen-bond acceptors (Lipinski definition) is 1. The molecule has 0 saturated carbocycles. The summed E-state index contributed by atoms with van der Waals surface area (Å²) in [4.78, 5) is 0. The monoisotopic (exact) mass is 334 g/mol. The van der Waals surface area contributed by atoms with E-state index in [4.69, 9.17) is 4.74 Å². The van der Waals surface area contributed by atoms with Gasteiger partial charge in [-0.05, 0) is 53.5 Å². The van der Waals surface area contributed by atoms with Crippen LogP contribution in [-0.4, -0.2) is 7.11 Å². The maximum Gasteiger partial charge on any atom is 0.118 e. The molecule has 2 aromatic carbocycles. The predicted molar refractivity (Wildman–Crippen MR) is 108 cm³/mol. The lowest BCUT2D eigenvalue weighted by Gasteiger charge is -2.22. The molecule has 0 radical (unpaired) electrons. The third kappa shape index (κ3) is 5.66. The zero-order valence-electron chi connectivity index (χ0n) is 16.2. The summed E-state index contributed by atoms with van der Waals surface area (Å²) in [6.07, 6.45) is 3.10. The smallest absolute Gasteiger partial charge is 0.118 e. The third-order valence-corrected chi connectivity index (χ3v) is 4.42. The SMILES string of the molecule is CCC(=C=C(c1ccccc1)C(C)(C)C)CCc1ccc(OC)cc1. The first-order valence-corrected chi connectivity index (χ1v) is 9.11. The highest BCUT2D eigenvalue weighted by Gasteiger charge is 2.18. The van der Waals surface area contributed by atoms with E-state index >= 15 is 0 Å². The first-order valence-electron chi connectivity index (χ1n) is 9.11. The fraction of sp³-hybridized carbons (Fsp3) is 0.375. The molecule has 0 aliphatic rings. The number of rotatable bonds is 6. The summed E-state index contributed by atoms with van der Waals surface area (Å²) in [5, 5.41) is 0. The lowest BCUT2D eigenvalue weighted by Crippen LogP contribution is -2.08. The van der Waals surface area contributed by atoms with Gasteiger partial charge in [-0.2, -0.15) is 0 Å². The lowest BCUT2D eigenvalue weighted by atomic mass is 9.82. The standard InChI is InChI=1S/C24H30O/c1-6-19(12-13-20-14-16-22(25-5)17-15-20)18-23(24(2,3)4)21-10-8-7-9-11-21/h7-11,14-17H,6,12-13H2,1-5H3. The highest BCUT2D eigenvalue weighted by molar-refractivity contribution is 5.69. The van der Waals surface area contributed by atoms with Crippen molar-refractivity contribution >= 4 is 5.57 Å². The Bertz CT molecular complexity index is 724. The van der Waals surface area contributed by atoms with Crippen LogP contribution >= 0.6 is 0 Å². The van der Waals surface area contributed by atoms with Gasteiger partial charge >= 0.3 is 0 Å². The minimum atomic E-state index is 0.0713. The van der Waals surface area contributed by atoms with E-state index in [1.54, 1.807) is 7.11 Å². The Balaban J connectivity index is 2.28. The molecule has 0 aliphatic carbocycles. The van der Waals surface area contributed by atoms with E-state index in [1.165, 1.54) is 22.3 Å². The van der Waals surface area contributed by atoms with E-state index in [1.807, 2.05) is 12.1 Å². The average Bonchev–Trinajstić information content (AvgIpc) is 2.62. The van der Waals surface area contributed by atoms with Crippen LogP contribution in [-0.2, 0) is 6.42 Å². The topological polar surface area (TPSA) is 9.23 Å². The average molecular weight is 335 g/mol. The number of ether oxygens (including phenoxy) is 1. The van der Waals surface area contributed by atoms with Crippen molar-refractivity contribution in [3.05, 3.63) is 77.0 Å². The second-order valence-electron chi connectivity index (χ2n) is 7.42. The molecule has 0 unspecified atom stereocenters. The number of methoxy groups -OCH3 is 1. The van der Waals surface area contributed by atoms with E-state index in [0.717, 1.165) is 25.0 Å². The second-order valence-corrected chi connectivity index (χ2v) is 7.42. The van der Waals surface area contributed by atoms with Gasteiger partial charge in [-0.15, -0.1) is 5.73 Å². The van der Waals surface area contributed by atoms with Crippen LogP contribution < -0.4 is 4.74 Å². The quantitative estimate of drug-likeness (QED) is 0.534. The van der Waals surface area contributed by atoms with Gasteiger partial charge in [0.1, 0.15) is 5.75 Å². The Morgan fingerprint density at radius 3 is 2.12 bits per heavy atom. The van der Waals surface area contributed by atoms with Crippen molar-refractivity contribution in [1.29, 1.82) is 0 Å². The van der Waals surface area contributed by atoms with Gasteiger partial charge < -0.3 is 4.74 Å². The van der Waals surface area contributed by atoms with E-state index in [2.05, 4.69) is 75.9 Å². The van der Waals surface area contributed by atoms with Crippen molar-refractivity contribution in [2.75, 3.05) is 7.11 Å². The molecule has 0 saturated heterocycles. The van der Waals surface area contributed by atoms with E-state index in [9.17, 15) is 0 Å². The summed E-state index contributed by atoms with van der Waals surface area (Å²) < 4.78 is 5.23. The Morgan fingerprint density at radius 1 is 0.960 bits per heavy atom. The molecule has 0 heterocycles. The minimum Gasteiger partial charge on any atom is -0.497 e. The Labute approximate surface area is 153 Å². The van der Waals surface area contributed by atoms with Crippen LogP contribution in [0.3, 0.4) is 0 Å². The van der Waals surface area contributed by atoms with E-state index < -0.39 is 0 Å². The van der Waals surface area contributed by atoms with Crippen molar-refractivity contribution in [2.24, 2.45) is 5.41 Å². The van der Waals surface area contributed by atoms with Gasteiger partial charge in [0.25, 0.3) is 0 Å². The summed E-state index contributed by atoms with van der Waals surface area (Å²) in [6.45, 7) is 9.01. The maximum absolute atomic E-state index is 5.23. The van der Waals surface area contributed by atoms with Gasteiger partial charge in [0.05, 0.1) is 7.11 Å². The molecule has 0 aliphatic heterocycles. The van der Waals surface area contributed by atoms with Crippen molar-refractivity contribution < 1.29 is 4.74 Å². The maximum atomic E-state index is 5.23. The molecule has 0 amide bonds. The molecular weight excluding hydrogens is 304 g/mol. The molecule has 0 N–H and O–H groups in total. The van der Waals surface area contributed by atoms with Crippen molar-refractivity contribution in [1.82, 2.24) is 0 Å². The molecule has 0 spiro atoms. The minimum absolute atomic E-state index is 0.0713. The molecule has 1 heteroatoms. The predicted octanol–water partition coefficient (Wildman–Crippen LogP) is 6.69. The van der Waals surface area contributed by atoms with Crippen LogP contribution in [0.5, 0.6) is 5.75 Å². The molecule has 2 rings (SSSR count). The summed E-state index contributed by atoms with van der Waals surface area (Å²) in [5.74, 6) is 0.911. The van der Waals surface area contributed by atoms with Crippen LogP contribution in [0.15, 0.2) is 65.9 Å². The second kappa shape index (κ2) is 8.74. The van der Waals surface area contributed by atoms with Crippen LogP contribution in [0.1, 0.15) is 51.7 Å². The van der Waals surface area contributed by atoms with Gasteiger partial charge in [-0.3, -0.25) is 0 Å². The Kier molecular flexibility index (Phi) is 6.67. The highest BCUT2D eigenvalue weighted by Crippen LogP contribution is 2.33. The summed E-state index contributed by atoms with van der Waals surface area (Å²) in [6, 6.07) is 19.0. The number of benzene rings is 2. The Morgan fingerprint density at radius 2 is 1.60 bits per heavy atom. The summed E-state index contributed by atoms with van der Waals surface area (Å²) in [7, 11) is 1.70. The van der Waals surface area contributed by atoms with Gasteiger partial charge in [-0.1, -0.05) is 70.2 Å². The molecule has 0 aromatic heterocycles. The zero-order chi connectivity index (χ0) is 18.3. The first kappa shape index (κ1) is 19.1. The number of hydrogen-bond donors (Lipinski definition) is 0. The normalized spacial score (nSPS) is 10.9. The lowest BCUT2D eigenvalue weighted by molar-refractivity contribution is 0.414. The van der Waals surface area contributed by atoms with Gasteiger partial charge in [-0.25, -0.2) is 0 Å². The summed E-state index contributed by atoms with van der Waals surface area (Å²) in [5.41, 5.74) is 9.11. The molecule has 0 atom stereocenters. The molecule has 0 fully saturated rings. The van der Waals surface area contributed by atoms with Crippen LogP contribution in [0.2, 0.25) is 0 Å².